The number of rotatable bonds is 7. The predicted molar refractivity (Wildman–Crippen MR) is 79.1 cm³/mol. The summed E-state index contributed by atoms with van der Waals surface area (Å²) in [5.41, 5.74) is 2.79. The summed E-state index contributed by atoms with van der Waals surface area (Å²) < 4.78 is 5.36. The Morgan fingerprint density at radius 2 is 2.39 bits per heavy atom. The molecule has 1 aromatic carbocycles. The Hall–Kier alpha value is -0.510. The number of nitrogens with one attached hydrogen (secondary N) is 1. The summed E-state index contributed by atoms with van der Waals surface area (Å²) in [5, 5.41) is 3.52. The second kappa shape index (κ2) is 7.82. The van der Waals surface area contributed by atoms with Crippen LogP contribution in [0.25, 0.3) is 0 Å². The molecule has 0 aromatic heterocycles. The fourth-order valence-electron chi connectivity index (χ4n) is 2.19. The van der Waals surface area contributed by atoms with Crippen molar-refractivity contribution in [2.45, 2.75) is 19.1 Å². The number of thioether (sulfide) groups is 1. The van der Waals surface area contributed by atoms with Gasteiger partial charge in [-0.3, -0.25) is 0 Å². The molecule has 0 aliphatic carbocycles. The summed E-state index contributed by atoms with van der Waals surface area (Å²) in [6, 6.07) is 8.78. The molecule has 2 nitrogen and oxygen atoms in total. The van der Waals surface area contributed by atoms with Gasteiger partial charge in [0.1, 0.15) is 0 Å². The Bertz CT molecular complexity index is 350. The highest BCUT2D eigenvalue weighted by atomic mass is 32.2. The first-order chi connectivity index (χ1) is 8.84. The molecule has 0 bridgehead atoms. The highest BCUT2D eigenvalue weighted by Gasteiger charge is 2.14. The minimum atomic E-state index is 0.742. The van der Waals surface area contributed by atoms with Crippen LogP contribution in [-0.2, 0) is 10.5 Å². The first kappa shape index (κ1) is 13.9. The van der Waals surface area contributed by atoms with Crippen LogP contribution in [-0.4, -0.2) is 32.1 Å². The lowest BCUT2D eigenvalue weighted by molar-refractivity contribution is 0.185. The van der Waals surface area contributed by atoms with Gasteiger partial charge in [-0.25, -0.2) is 0 Å². The molecule has 1 aliphatic heterocycles. The highest BCUT2D eigenvalue weighted by Crippen LogP contribution is 2.13. The largest absolute Gasteiger partial charge is 0.381 e. The lowest BCUT2D eigenvalue weighted by Gasteiger charge is -2.09. The molecule has 0 amide bonds. The van der Waals surface area contributed by atoms with Crippen LogP contribution >= 0.6 is 11.8 Å². The van der Waals surface area contributed by atoms with E-state index in [1.807, 2.05) is 11.8 Å². The van der Waals surface area contributed by atoms with Gasteiger partial charge >= 0.3 is 0 Å². The van der Waals surface area contributed by atoms with Crippen LogP contribution < -0.4 is 5.32 Å². The molecule has 1 aromatic rings. The zero-order valence-corrected chi connectivity index (χ0v) is 12.0. The van der Waals surface area contributed by atoms with Gasteiger partial charge in [-0.2, -0.15) is 11.8 Å². The van der Waals surface area contributed by atoms with Gasteiger partial charge in [-0.15, -0.1) is 0 Å². The summed E-state index contributed by atoms with van der Waals surface area (Å²) in [4.78, 5) is 0. The Kier molecular flexibility index (Phi) is 6.05. The topological polar surface area (TPSA) is 21.3 Å². The van der Waals surface area contributed by atoms with E-state index in [1.54, 1.807) is 0 Å². The Balaban J connectivity index is 1.50. The second-order valence-electron chi connectivity index (χ2n) is 4.98. The van der Waals surface area contributed by atoms with Gasteiger partial charge in [0.25, 0.3) is 0 Å². The van der Waals surface area contributed by atoms with E-state index >= 15 is 0 Å². The van der Waals surface area contributed by atoms with E-state index in [2.05, 4.69) is 36.5 Å². The quantitative estimate of drug-likeness (QED) is 0.766. The fraction of sp³-hybridized carbons (Fsp3) is 0.600. The molecule has 1 saturated heterocycles. The number of aryl methyl sites for hydroxylation is 1. The van der Waals surface area contributed by atoms with Crippen molar-refractivity contribution >= 4 is 11.8 Å². The average Bonchev–Trinajstić information content (AvgIpc) is 2.87. The van der Waals surface area contributed by atoms with Gasteiger partial charge < -0.3 is 10.1 Å². The van der Waals surface area contributed by atoms with Crippen molar-refractivity contribution in [3.05, 3.63) is 35.4 Å². The number of ether oxygens (including phenoxy) is 1. The van der Waals surface area contributed by atoms with Crippen molar-refractivity contribution < 1.29 is 4.74 Å². The van der Waals surface area contributed by atoms with E-state index in [9.17, 15) is 0 Å². The fourth-order valence-corrected chi connectivity index (χ4v) is 3.04. The molecule has 1 N–H and O–H groups in total. The molecule has 3 heteroatoms. The molecule has 2 rings (SSSR count). The van der Waals surface area contributed by atoms with Crippen molar-refractivity contribution in [2.24, 2.45) is 5.92 Å². The van der Waals surface area contributed by atoms with E-state index < -0.39 is 0 Å². The summed E-state index contributed by atoms with van der Waals surface area (Å²) in [6.07, 6.45) is 1.23. The van der Waals surface area contributed by atoms with E-state index in [0.717, 1.165) is 38.0 Å². The van der Waals surface area contributed by atoms with Crippen LogP contribution in [0.5, 0.6) is 0 Å². The maximum absolute atomic E-state index is 5.36. The standard InChI is InChI=1S/C15H23NOS/c1-13-3-2-4-14(9-13)12-18-8-6-16-10-15-5-7-17-11-15/h2-4,9,15-16H,5-8,10-12H2,1H3. The van der Waals surface area contributed by atoms with Gasteiger partial charge in [0.05, 0.1) is 6.61 Å². The van der Waals surface area contributed by atoms with Crippen molar-refractivity contribution in [1.29, 1.82) is 0 Å². The number of benzene rings is 1. The molecule has 1 atom stereocenters. The van der Waals surface area contributed by atoms with Crippen LogP contribution in [0.15, 0.2) is 24.3 Å². The average molecular weight is 265 g/mol. The normalized spacial score (nSPS) is 19.3. The Morgan fingerprint density at radius 3 is 3.17 bits per heavy atom. The first-order valence-electron chi connectivity index (χ1n) is 6.76. The molecule has 1 aliphatic rings. The van der Waals surface area contributed by atoms with Crippen molar-refractivity contribution in [2.75, 3.05) is 32.1 Å². The highest BCUT2D eigenvalue weighted by molar-refractivity contribution is 7.98. The van der Waals surface area contributed by atoms with Crippen LogP contribution in [0.2, 0.25) is 0 Å². The zero-order chi connectivity index (χ0) is 12.6. The smallest absolute Gasteiger partial charge is 0.0507 e. The Labute approximate surface area is 114 Å². The van der Waals surface area contributed by atoms with Gasteiger partial charge in [0.15, 0.2) is 0 Å². The molecular weight excluding hydrogens is 242 g/mol. The summed E-state index contributed by atoms with van der Waals surface area (Å²) in [6.45, 7) is 6.27. The van der Waals surface area contributed by atoms with Crippen LogP contribution in [0.1, 0.15) is 17.5 Å². The molecule has 0 spiro atoms. The SMILES string of the molecule is Cc1cccc(CSCCNCC2CCOC2)c1. The van der Waals surface area contributed by atoms with Crippen molar-refractivity contribution in [3.63, 3.8) is 0 Å². The maximum atomic E-state index is 5.36. The molecule has 0 saturated carbocycles. The van der Waals surface area contributed by atoms with E-state index in [1.165, 1.54) is 23.3 Å². The minimum Gasteiger partial charge on any atom is -0.381 e. The molecule has 0 radical (unpaired) electrons. The van der Waals surface area contributed by atoms with Gasteiger partial charge in [0.2, 0.25) is 0 Å². The number of hydrogen-bond donors (Lipinski definition) is 1. The third-order valence-corrected chi connectivity index (χ3v) is 4.26. The summed E-state index contributed by atoms with van der Waals surface area (Å²) in [5.74, 6) is 3.05. The number of hydrogen-bond acceptors (Lipinski definition) is 3. The zero-order valence-electron chi connectivity index (χ0n) is 11.2. The monoisotopic (exact) mass is 265 g/mol. The summed E-state index contributed by atoms with van der Waals surface area (Å²) in [7, 11) is 0. The van der Waals surface area contributed by atoms with Crippen LogP contribution in [0, 0.1) is 12.8 Å². The maximum Gasteiger partial charge on any atom is 0.0507 e. The van der Waals surface area contributed by atoms with E-state index in [4.69, 9.17) is 4.74 Å². The van der Waals surface area contributed by atoms with Crippen molar-refractivity contribution in [3.8, 4) is 0 Å². The third kappa shape index (κ3) is 5.01. The van der Waals surface area contributed by atoms with Crippen LogP contribution in [0.3, 0.4) is 0 Å². The van der Waals surface area contributed by atoms with Crippen molar-refractivity contribution in [1.82, 2.24) is 5.32 Å². The van der Waals surface area contributed by atoms with Gasteiger partial charge in [0, 0.05) is 31.2 Å². The van der Waals surface area contributed by atoms with Gasteiger partial charge in [-0.1, -0.05) is 29.8 Å². The molecular formula is C15H23NOS. The Morgan fingerprint density at radius 1 is 1.44 bits per heavy atom. The third-order valence-electron chi connectivity index (χ3n) is 3.23. The van der Waals surface area contributed by atoms with E-state index in [0.29, 0.717) is 0 Å². The van der Waals surface area contributed by atoms with E-state index in [-0.39, 0.29) is 0 Å². The molecule has 1 heterocycles. The van der Waals surface area contributed by atoms with Crippen LogP contribution in [0.4, 0.5) is 0 Å². The molecule has 1 unspecified atom stereocenters. The lowest BCUT2D eigenvalue weighted by Crippen LogP contribution is -2.25. The predicted octanol–water partition coefficient (Wildman–Crippen LogP) is 2.85. The lowest BCUT2D eigenvalue weighted by atomic mass is 10.1. The summed E-state index contributed by atoms with van der Waals surface area (Å²) >= 11 is 2.00. The molecule has 18 heavy (non-hydrogen) atoms. The molecule has 1 fully saturated rings. The second-order valence-corrected chi connectivity index (χ2v) is 6.08. The first-order valence-corrected chi connectivity index (χ1v) is 7.92. The minimum absolute atomic E-state index is 0.742. The molecule has 100 valence electrons. The van der Waals surface area contributed by atoms with Gasteiger partial charge in [-0.05, 0) is 24.8 Å².